The molecule has 0 aliphatic carbocycles. The fraction of sp³-hybridized carbons (Fsp3) is 0.0909. The molecular formula is C22H16BrN5O4S. The maximum absolute atomic E-state index is 12.9. The number of nitrogens with zero attached hydrogens (tertiary/aromatic N) is 3. The van der Waals surface area contributed by atoms with Gasteiger partial charge in [0.25, 0.3) is 11.8 Å². The second-order valence-electron chi connectivity index (χ2n) is 6.86. The van der Waals surface area contributed by atoms with E-state index >= 15 is 0 Å². The van der Waals surface area contributed by atoms with E-state index in [-0.39, 0.29) is 11.7 Å². The van der Waals surface area contributed by atoms with E-state index in [1.807, 2.05) is 12.1 Å². The number of halogens is 1. The van der Waals surface area contributed by atoms with E-state index in [4.69, 9.17) is 17.0 Å². The Morgan fingerprint density at radius 1 is 1.21 bits per heavy atom. The van der Waals surface area contributed by atoms with Crippen molar-refractivity contribution in [3.8, 4) is 5.75 Å². The number of amides is 3. The van der Waals surface area contributed by atoms with E-state index in [1.165, 1.54) is 4.90 Å². The largest absolute Gasteiger partial charge is 0.481 e. The maximum Gasteiger partial charge on any atom is 0.277 e. The fourth-order valence-electron chi connectivity index (χ4n) is 3.11. The lowest BCUT2D eigenvalue weighted by molar-refractivity contribution is -0.130. The second kappa shape index (κ2) is 9.84. The fourth-order valence-corrected chi connectivity index (χ4v) is 3.67. The number of rotatable bonds is 6. The number of thiocarbonyl (C=S) groups is 1. The number of carbonyl (C=O) groups is 3. The van der Waals surface area contributed by atoms with Gasteiger partial charge in [-0.2, -0.15) is 5.10 Å². The van der Waals surface area contributed by atoms with Crippen LogP contribution in [-0.2, 0) is 14.4 Å². The van der Waals surface area contributed by atoms with Crippen LogP contribution in [0.5, 0.6) is 5.75 Å². The van der Waals surface area contributed by atoms with Gasteiger partial charge in [0.05, 0.1) is 5.69 Å². The van der Waals surface area contributed by atoms with Gasteiger partial charge in [0.2, 0.25) is 5.91 Å². The molecule has 3 amide bonds. The molecule has 0 radical (unpaired) electrons. The molecule has 0 spiro atoms. The molecule has 1 fully saturated rings. The number of nitrogens with one attached hydrogen (secondary N) is 2. The van der Waals surface area contributed by atoms with Gasteiger partial charge in [-0.25, -0.2) is 5.43 Å². The molecule has 0 bridgehead atoms. The molecule has 1 aliphatic rings. The molecule has 2 heterocycles. The first-order chi connectivity index (χ1) is 15.9. The van der Waals surface area contributed by atoms with E-state index in [0.29, 0.717) is 17.0 Å². The number of para-hydroxylation sites is 1. The second-order valence-corrected chi connectivity index (χ2v) is 8.16. The maximum atomic E-state index is 12.9. The molecule has 9 nitrogen and oxygen atoms in total. The molecule has 3 aromatic rings. The van der Waals surface area contributed by atoms with Crippen LogP contribution >= 0.6 is 28.1 Å². The standard InChI is InChI=1S/C22H16BrN5O4S/c23-14-6-8-15(9-7-14)28-21(31)16(20(30)26-22(28)33)11-25-27-18(29)12-32-17-5-1-3-13-4-2-10-24-19(13)17/h1-11,16H,12H2,(H,27,29)(H,26,30,33)/b25-11-/t16-/m1/s1. The molecule has 166 valence electrons. The summed E-state index contributed by atoms with van der Waals surface area (Å²) in [5, 5.41) is 7.08. The molecule has 1 saturated heterocycles. The normalized spacial score (nSPS) is 16.2. The van der Waals surface area contributed by atoms with Crippen LogP contribution in [0.25, 0.3) is 10.9 Å². The number of hydrogen-bond donors (Lipinski definition) is 2. The first-order valence-electron chi connectivity index (χ1n) is 9.67. The van der Waals surface area contributed by atoms with Crippen molar-refractivity contribution in [1.82, 2.24) is 15.7 Å². The van der Waals surface area contributed by atoms with Gasteiger partial charge in [-0.1, -0.05) is 34.1 Å². The van der Waals surface area contributed by atoms with Crippen molar-refractivity contribution in [1.29, 1.82) is 0 Å². The summed E-state index contributed by atoms with van der Waals surface area (Å²) in [6.07, 6.45) is 2.69. The zero-order chi connectivity index (χ0) is 23.4. The van der Waals surface area contributed by atoms with Crippen molar-refractivity contribution in [2.45, 2.75) is 0 Å². The van der Waals surface area contributed by atoms with Crippen molar-refractivity contribution in [3.05, 3.63) is 65.3 Å². The van der Waals surface area contributed by atoms with Gasteiger partial charge < -0.3 is 10.1 Å². The topological polar surface area (TPSA) is 113 Å². The summed E-state index contributed by atoms with van der Waals surface area (Å²) in [4.78, 5) is 42.7. The quantitative estimate of drug-likeness (QED) is 0.221. The van der Waals surface area contributed by atoms with Crippen LogP contribution in [0.2, 0.25) is 0 Å². The number of aromatic nitrogens is 1. The van der Waals surface area contributed by atoms with Crippen molar-refractivity contribution in [3.63, 3.8) is 0 Å². The predicted molar refractivity (Wildman–Crippen MR) is 130 cm³/mol. The molecule has 2 N–H and O–H groups in total. The minimum absolute atomic E-state index is 0.0295. The predicted octanol–water partition coefficient (Wildman–Crippen LogP) is 2.54. The Kier molecular flexibility index (Phi) is 6.71. The molecule has 1 atom stereocenters. The first kappa shape index (κ1) is 22.5. The van der Waals surface area contributed by atoms with Crippen LogP contribution in [0.15, 0.2) is 70.4 Å². The summed E-state index contributed by atoms with van der Waals surface area (Å²) in [5.41, 5.74) is 3.38. The third-order valence-electron chi connectivity index (χ3n) is 4.65. The zero-order valence-corrected chi connectivity index (χ0v) is 19.3. The van der Waals surface area contributed by atoms with Crippen molar-refractivity contribution >= 4 is 73.8 Å². The number of carbonyl (C=O) groups excluding carboxylic acids is 3. The Hall–Kier alpha value is -3.70. The van der Waals surface area contributed by atoms with Crippen LogP contribution in [0.4, 0.5) is 5.69 Å². The van der Waals surface area contributed by atoms with Crippen molar-refractivity contribution in [2.75, 3.05) is 11.5 Å². The smallest absolute Gasteiger partial charge is 0.277 e. The Labute approximate surface area is 201 Å². The van der Waals surface area contributed by atoms with Gasteiger partial charge in [-0.05, 0) is 48.6 Å². The van der Waals surface area contributed by atoms with Crippen LogP contribution in [0.1, 0.15) is 0 Å². The highest BCUT2D eigenvalue weighted by Crippen LogP contribution is 2.23. The van der Waals surface area contributed by atoms with Crippen LogP contribution in [-0.4, -0.2) is 40.6 Å². The van der Waals surface area contributed by atoms with Gasteiger partial charge in [-0.15, -0.1) is 0 Å². The SMILES string of the molecule is O=C(COc1cccc2cccnc12)N/N=C\[C@@H]1C(=O)NC(=S)N(c2ccc(Br)cc2)C1=O. The van der Waals surface area contributed by atoms with E-state index in [1.54, 1.807) is 48.7 Å². The van der Waals surface area contributed by atoms with Gasteiger partial charge in [0.15, 0.2) is 17.6 Å². The van der Waals surface area contributed by atoms with E-state index in [9.17, 15) is 14.4 Å². The molecular weight excluding hydrogens is 510 g/mol. The Morgan fingerprint density at radius 3 is 2.76 bits per heavy atom. The Bertz CT molecular complexity index is 1280. The van der Waals surface area contributed by atoms with E-state index < -0.39 is 23.6 Å². The number of fused-ring (bicyclic) bond motifs is 1. The van der Waals surface area contributed by atoms with E-state index in [0.717, 1.165) is 16.1 Å². The number of hydrazone groups is 1. The Morgan fingerprint density at radius 2 is 1.97 bits per heavy atom. The highest BCUT2D eigenvalue weighted by atomic mass is 79.9. The lowest BCUT2D eigenvalue weighted by Gasteiger charge is -2.30. The van der Waals surface area contributed by atoms with Crippen molar-refractivity contribution < 1.29 is 19.1 Å². The number of pyridine rings is 1. The van der Waals surface area contributed by atoms with Crippen molar-refractivity contribution in [2.24, 2.45) is 11.0 Å². The third kappa shape index (κ3) is 5.04. The summed E-state index contributed by atoms with van der Waals surface area (Å²) in [7, 11) is 0. The molecule has 1 aromatic heterocycles. The molecule has 33 heavy (non-hydrogen) atoms. The summed E-state index contributed by atoms with van der Waals surface area (Å²) in [5.74, 6) is -2.59. The summed E-state index contributed by atoms with van der Waals surface area (Å²) in [6.45, 7) is -0.326. The van der Waals surface area contributed by atoms with Gasteiger partial charge in [0, 0.05) is 22.3 Å². The van der Waals surface area contributed by atoms with Gasteiger partial charge in [-0.3, -0.25) is 24.3 Å². The third-order valence-corrected chi connectivity index (χ3v) is 5.47. The highest BCUT2D eigenvalue weighted by molar-refractivity contribution is 9.10. The van der Waals surface area contributed by atoms with Gasteiger partial charge in [0.1, 0.15) is 11.3 Å². The number of hydrogen-bond acceptors (Lipinski definition) is 7. The van der Waals surface area contributed by atoms with Crippen LogP contribution in [0, 0.1) is 5.92 Å². The average Bonchev–Trinajstić information content (AvgIpc) is 2.81. The number of ether oxygens (including phenoxy) is 1. The summed E-state index contributed by atoms with van der Waals surface area (Å²) in [6, 6.07) is 15.9. The zero-order valence-electron chi connectivity index (χ0n) is 16.9. The summed E-state index contributed by atoms with van der Waals surface area (Å²) >= 11 is 8.47. The summed E-state index contributed by atoms with van der Waals surface area (Å²) < 4.78 is 6.37. The molecule has 11 heteroatoms. The number of benzene rings is 2. The molecule has 0 saturated carbocycles. The van der Waals surface area contributed by atoms with Crippen LogP contribution < -0.4 is 20.4 Å². The molecule has 2 aromatic carbocycles. The molecule has 1 aliphatic heterocycles. The lowest BCUT2D eigenvalue weighted by atomic mass is 10.1. The van der Waals surface area contributed by atoms with Gasteiger partial charge >= 0.3 is 0 Å². The molecule has 0 unspecified atom stereocenters. The van der Waals surface area contributed by atoms with Crippen LogP contribution in [0.3, 0.4) is 0 Å². The molecule has 4 rings (SSSR count). The minimum atomic E-state index is -1.26. The lowest BCUT2D eigenvalue weighted by Crippen LogP contribution is -2.58. The first-order valence-corrected chi connectivity index (χ1v) is 10.9. The Balaban J connectivity index is 1.38. The highest BCUT2D eigenvalue weighted by Gasteiger charge is 2.38. The number of anilines is 1. The monoisotopic (exact) mass is 525 g/mol. The average molecular weight is 526 g/mol. The minimum Gasteiger partial charge on any atom is -0.481 e. The van der Waals surface area contributed by atoms with E-state index in [2.05, 4.69) is 36.8 Å².